The van der Waals surface area contributed by atoms with E-state index in [4.69, 9.17) is 11.5 Å². The van der Waals surface area contributed by atoms with Crippen LogP contribution < -0.4 is 16.8 Å². The Morgan fingerprint density at radius 2 is 1.76 bits per heavy atom. The Morgan fingerprint density at radius 3 is 2.47 bits per heavy atom. The fourth-order valence-electron chi connectivity index (χ4n) is 3.58. The summed E-state index contributed by atoms with van der Waals surface area (Å²) >= 11 is 2.34. The lowest BCUT2D eigenvalue weighted by Gasteiger charge is -2.09. The molecule has 3 heterocycles. The van der Waals surface area contributed by atoms with Crippen LogP contribution >= 0.6 is 22.7 Å². The minimum absolute atomic E-state index is 0.0749. The number of benzene rings is 2. The molecule has 2 aromatic carbocycles. The van der Waals surface area contributed by atoms with Gasteiger partial charge < -0.3 is 11.5 Å². The van der Waals surface area contributed by atoms with Gasteiger partial charge in [0, 0.05) is 21.9 Å². The highest BCUT2D eigenvalue weighted by molar-refractivity contribution is 7.21. The maximum absolute atomic E-state index is 13.2. The summed E-state index contributed by atoms with van der Waals surface area (Å²) in [5.41, 5.74) is 15.6. The van der Waals surface area contributed by atoms with Gasteiger partial charge in [-0.15, -0.1) is 22.7 Å². The lowest BCUT2D eigenvalue weighted by atomic mass is 9.97. The third-order valence-electron chi connectivity index (χ3n) is 5.15. The van der Waals surface area contributed by atoms with Crippen LogP contribution in [0.2, 0.25) is 0 Å². The predicted molar refractivity (Wildman–Crippen MR) is 134 cm³/mol. The van der Waals surface area contributed by atoms with Crippen LogP contribution in [0.25, 0.3) is 32.6 Å². The molecule has 0 aliphatic heterocycles. The lowest BCUT2D eigenvalue weighted by Crippen LogP contribution is -2.11. The van der Waals surface area contributed by atoms with Gasteiger partial charge in [0.15, 0.2) is 5.13 Å². The molecule has 0 radical (unpaired) electrons. The number of rotatable bonds is 4. The molecular formula is C24H15FN6OS2. The van der Waals surface area contributed by atoms with Crippen LogP contribution in [-0.4, -0.2) is 15.9 Å². The smallest absolute Gasteiger partial charge is 0.269 e. The number of halogens is 1. The first-order valence-electron chi connectivity index (χ1n) is 9.96. The number of carbonyl (C=O) groups is 1. The van der Waals surface area contributed by atoms with E-state index in [1.165, 1.54) is 23.5 Å². The molecule has 7 nitrogen and oxygen atoms in total. The zero-order valence-electron chi connectivity index (χ0n) is 17.4. The van der Waals surface area contributed by atoms with Gasteiger partial charge >= 0.3 is 0 Å². The van der Waals surface area contributed by atoms with Crippen molar-refractivity contribution < 1.29 is 9.18 Å². The number of carbonyl (C=O) groups excluding carboxylic acids is 1. The van der Waals surface area contributed by atoms with Crippen molar-refractivity contribution in [3.63, 3.8) is 0 Å². The first-order valence-corrected chi connectivity index (χ1v) is 11.7. The molecule has 5 aromatic rings. The minimum atomic E-state index is -0.448. The molecule has 0 fully saturated rings. The monoisotopic (exact) mass is 486 g/mol. The van der Waals surface area contributed by atoms with Crippen molar-refractivity contribution in [2.24, 2.45) is 0 Å². The quantitative estimate of drug-likeness (QED) is 0.307. The van der Waals surface area contributed by atoms with E-state index in [1.807, 2.05) is 30.3 Å². The highest BCUT2D eigenvalue weighted by atomic mass is 32.1. The Bertz CT molecular complexity index is 1590. The van der Waals surface area contributed by atoms with Gasteiger partial charge in [0.1, 0.15) is 33.0 Å². The molecule has 0 saturated carbocycles. The van der Waals surface area contributed by atoms with E-state index in [2.05, 4.69) is 21.4 Å². The number of fused-ring (bicyclic) bond motifs is 1. The van der Waals surface area contributed by atoms with Crippen molar-refractivity contribution in [3.8, 4) is 28.5 Å². The fraction of sp³-hybridized carbons (Fsp3) is 0. The maximum atomic E-state index is 13.2. The molecular weight excluding hydrogens is 471 g/mol. The van der Waals surface area contributed by atoms with Crippen LogP contribution in [0.5, 0.6) is 0 Å². The van der Waals surface area contributed by atoms with Crippen molar-refractivity contribution in [1.29, 1.82) is 5.26 Å². The molecule has 1 amide bonds. The van der Waals surface area contributed by atoms with Gasteiger partial charge in [-0.05, 0) is 29.8 Å². The summed E-state index contributed by atoms with van der Waals surface area (Å²) in [6, 6.07) is 17.3. The van der Waals surface area contributed by atoms with Crippen LogP contribution in [0.3, 0.4) is 0 Å². The zero-order valence-corrected chi connectivity index (χ0v) is 19.0. The molecule has 0 spiro atoms. The second-order valence-electron chi connectivity index (χ2n) is 7.25. The van der Waals surface area contributed by atoms with Crippen molar-refractivity contribution in [1.82, 2.24) is 9.97 Å². The van der Waals surface area contributed by atoms with Crippen LogP contribution in [0.4, 0.5) is 21.0 Å². The lowest BCUT2D eigenvalue weighted by molar-refractivity contribution is 0.103. The van der Waals surface area contributed by atoms with Crippen LogP contribution in [-0.2, 0) is 0 Å². The Morgan fingerprint density at radius 1 is 1.03 bits per heavy atom. The van der Waals surface area contributed by atoms with Gasteiger partial charge in [0.05, 0.1) is 11.4 Å². The molecule has 0 bridgehead atoms. The third kappa shape index (κ3) is 3.73. The number of aromatic nitrogens is 2. The number of nitrogen functional groups attached to an aromatic ring is 2. The number of amides is 1. The van der Waals surface area contributed by atoms with Gasteiger partial charge in [0.25, 0.3) is 5.91 Å². The number of nitrogens with two attached hydrogens (primary N) is 2. The molecule has 0 saturated heterocycles. The standard InChI is InChI=1S/C24H15FN6OS2/c25-14-8-6-12(7-9-14)16-11-33-24(29-16)31-22(32)20-19(27)18-17(13-4-2-1-3-5-13)15(10-26)21(28)30-23(18)34-20/h1-9,11H,27H2,(H2,28,30)(H,29,31,32). The number of anilines is 3. The van der Waals surface area contributed by atoms with Crippen LogP contribution in [0, 0.1) is 17.1 Å². The molecule has 0 aliphatic carbocycles. The van der Waals surface area contributed by atoms with Gasteiger partial charge in [0.2, 0.25) is 0 Å². The highest BCUT2D eigenvalue weighted by Gasteiger charge is 2.24. The topological polar surface area (TPSA) is 131 Å². The number of nitriles is 1. The van der Waals surface area contributed by atoms with Crippen molar-refractivity contribution in [3.05, 3.63) is 76.2 Å². The minimum Gasteiger partial charge on any atom is -0.397 e. The number of pyridine rings is 1. The van der Waals surface area contributed by atoms with Gasteiger partial charge in [-0.2, -0.15) is 5.26 Å². The number of hydrogen-bond donors (Lipinski definition) is 3. The largest absolute Gasteiger partial charge is 0.397 e. The van der Waals surface area contributed by atoms with Gasteiger partial charge in [-0.1, -0.05) is 30.3 Å². The maximum Gasteiger partial charge on any atom is 0.269 e. The molecule has 5 N–H and O–H groups in total. The van der Waals surface area contributed by atoms with E-state index in [0.717, 1.165) is 22.5 Å². The van der Waals surface area contributed by atoms with Crippen LogP contribution in [0.15, 0.2) is 60.0 Å². The molecule has 5 rings (SSSR count). The Balaban J connectivity index is 1.54. The van der Waals surface area contributed by atoms with Gasteiger partial charge in [-0.3, -0.25) is 10.1 Å². The molecule has 3 aromatic heterocycles. The summed E-state index contributed by atoms with van der Waals surface area (Å²) in [7, 11) is 0. The van der Waals surface area contributed by atoms with Crippen molar-refractivity contribution >= 4 is 55.4 Å². The molecule has 166 valence electrons. The number of nitrogens with one attached hydrogen (secondary N) is 1. The number of nitrogens with zero attached hydrogens (tertiary/aromatic N) is 3. The molecule has 0 aliphatic rings. The van der Waals surface area contributed by atoms with Gasteiger partial charge in [-0.25, -0.2) is 14.4 Å². The molecule has 10 heteroatoms. The van der Waals surface area contributed by atoms with Crippen molar-refractivity contribution in [2.75, 3.05) is 16.8 Å². The van der Waals surface area contributed by atoms with E-state index >= 15 is 0 Å². The van der Waals surface area contributed by atoms with E-state index in [9.17, 15) is 14.4 Å². The van der Waals surface area contributed by atoms with E-state index < -0.39 is 5.91 Å². The first kappa shape index (κ1) is 21.5. The zero-order chi connectivity index (χ0) is 23.8. The number of thiazole rings is 1. The summed E-state index contributed by atoms with van der Waals surface area (Å²) in [4.78, 5) is 22.5. The average Bonchev–Trinajstić information content (AvgIpc) is 3.43. The molecule has 34 heavy (non-hydrogen) atoms. The first-order chi connectivity index (χ1) is 16.5. The molecule has 0 unspecified atom stereocenters. The summed E-state index contributed by atoms with van der Waals surface area (Å²) in [5.74, 6) is -0.709. The second-order valence-corrected chi connectivity index (χ2v) is 9.11. The Hall–Kier alpha value is -4.33. The Kier molecular flexibility index (Phi) is 5.41. The fourth-order valence-corrected chi connectivity index (χ4v) is 5.31. The van der Waals surface area contributed by atoms with E-state index in [-0.39, 0.29) is 27.8 Å². The second kappa shape index (κ2) is 8.55. The number of hydrogen-bond acceptors (Lipinski definition) is 8. The molecule has 0 atom stereocenters. The summed E-state index contributed by atoms with van der Waals surface area (Å²) in [6.45, 7) is 0. The van der Waals surface area contributed by atoms with E-state index in [0.29, 0.717) is 26.6 Å². The average molecular weight is 487 g/mol. The normalized spacial score (nSPS) is 10.8. The number of thiophene rings is 1. The Labute approximate surface area is 201 Å². The van der Waals surface area contributed by atoms with Crippen LogP contribution in [0.1, 0.15) is 15.2 Å². The van der Waals surface area contributed by atoms with Crippen molar-refractivity contribution in [2.45, 2.75) is 0 Å². The predicted octanol–water partition coefficient (Wildman–Crippen LogP) is 5.51. The summed E-state index contributed by atoms with van der Waals surface area (Å²) in [6.07, 6.45) is 0. The SMILES string of the molecule is N#Cc1c(N)nc2sc(C(=O)Nc3nc(-c4ccc(F)cc4)cs3)c(N)c2c1-c1ccccc1. The summed E-state index contributed by atoms with van der Waals surface area (Å²) < 4.78 is 13.2. The third-order valence-corrected chi connectivity index (χ3v) is 7.01. The summed E-state index contributed by atoms with van der Waals surface area (Å²) in [5, 5.41) is 15.1. The van der Waals surface area contributed by atoms with E-state index in [1.54, 1.807) is 17.5 Å². The highest BCUT2D eigenvalue weighted by Crippen LogP contribution is 2.42.